The second-order valence-electron chi connectivity index (χ2n) is 4.78. The van der Waals surface area contributed by atoms with Crippen LogP contribution in [0.2, 0.25) is 0 Å². The van der Waals surface area contributed by atoms with Crippen LogP contribution in [0, 0.1) is 5.82 Å². The molecule has 0 aliphatic rings. The molecule has 0 radical (unpaired) electrons. The van der Waals surface area contributed by atoms with Gasteiger partial charge in [-0.2, -0.15) is 0 Å². The largest absolute Gasteiger partial charge is 0.481 e. The molecular weight excluding hydrogens is 259 g/mol. The molecule has 1 aromatic rings. The van der Waals surface area contributed by atoms with E-state index in [1.807, 2.05) is 13.8 Å². The average Bonchev–Trinajstić information content (AvgIpc) is 2.41. The number of hydrogen-bond acceptors (Lipinski definition) is 3. The van der Waals surface area contributed by atoms with Crippen LogP contribution in [0.25, 0.3) is 0 Å². The van der Waals surface area contributed by atoms with Gasteiger partial charge in [-0.3, -0.25) is 4.79 Å². The van der Waals surface area contributed by atoms with E-state index in [4.69, 9.17) is 10.5 Å². The van der Waals surface area contributed by atoms with Gasteiger partial charge in [0.05, 0.1) is 0 Å². The minimum atomic E-state index is -0.628. The summed E-state index contributed by atoms with van der Waals surface area (Å²) in [6.45, 7) is 6.03. The molecule has 4 nitrogen and oxygen atoms in total. The molecule has 0 fully saturated rings. The monoisotopic (exact) mass is 282 g/mol. The Bertz CT molecular complexity index is 451. The Morgan fingerprint density at radius 2 is 2.15 bits per heavy atom. The minimum absolute atomic E-state index is 0.0566. The van der Waals surface area contributed by atoms with E-state index in [1.165, 1.54) is 12.1 Å². The molecule has 1 amide bonds. The van der Waals surface area contributed by atoms with Crippen molar-refractivity contribution in [3.05, 3.63) is 29.6 Å². The summed E-state index contributed by atoms with van der Waals surface area (Å²) in [5.41, 5.74) is 6.60. The van der Waals surface area contributed by atoms with Crippen LogP contribution in [0.5, 0.6) is 5.75 Å². The maximum Gasteiger partial charge on any atom is 0.260 e. The lowest BCUT2D eigenvalue weighted by molar-refractivity contribution is -0.127. The summed E-state index contributed by atoms with van der Waals surface area (Å²) in [4.78, 5) is 11.7. The topological polar surface area (TPSA) is 64.3 Å². The quantitative estimate of drug-likeness (QED) is 0.804. The van der Waals surface area contributed by atoms with Gasteiger partial charge in [-0.05, 0) is 50.5 Å². The van der Waals surface area contributed by atoms with Crippen molar-refractivity contribution in [1.29, 1.82) is 0 Å². The van der Waals surface area contributed by atoms with Gasteiger partial charge in [-0.1, -0.05) is 6.92 Å². The second-order valence-corrected chi connectivity index (χ2v) is 4.78. The molecule has 1 aromatic carbocycles. The number of carbonyl (C=O) groups excluding carboxylic acids is 1. The molecule has 0 saturated heterocycles. The Morgan fingerprint density at radius 1 is 1.45 bits per heavy atom. The van der Waals surface area contributed by atoms with Crippen molar-refractivity contribution in [3.8, 4) is 5.75 Å². The Labute approximate surface area is 119 Å². The van der Waals surface area contributed by atoms with E-state index < -0.39 is 6.10 Å². The molecule has 0 aliphatic carbocycles. The number of likely N-dealkylation sites (N-methyl/N-ethyl adjacent to an activating group) is 1. The predicted molar refractivity (Wildman–Crippen MR) is 77.1 cm³/mol. The highest BCUT2D eigenvalue weighted by molar-refractivity contribution is 5.80. The van der Waals surface area contributed by atoms with E-state index in [1.54, 1.807) is 13.0 Å². The van der Waals surface area contributed by atoms with Gasteiger partial charge in [0.15, 0.2) is 6.10 Å². The molecule has 0 heterocycles. The lowest BCUT2D eigenvalue weighted by Crippen LogP contribution is -2.36. The van der Waals surface area contributed by atoms with Gasteiger partial charge in [-0.25, -0.2) is 4.39 Å². The first-order valence-electron chi connectivity index (χ1n) is 6.96. The van der Waals surface area contributed by atoms with Crippen LogP contribution in [-0.4, -0.2) is 24.6 Å². The SMILES string of the molecule is CCNC(=O)C(C)Oc1ccc(F)cc1CC(N)CC. The fourth-order valence-corrected chi connectivity index (χ4v) is 1.81. The molecule has 20 heavy (non-hydrogen) atoms. The number of hydrogen-bond donors (Lipinski definition) is 2. The van der Waals surface area contributed by atoms with Crippen molar-refractivity contribution in [2.24, 2.45) is 5.73 Å². The van der Waals surface area contributed by atoms with Crippen molar-refractivity contribution in [1.82, 2.24) is 5.32 Å². The van der Waals surface area contributed by atoms with E-state index in [9.17, 15) is 9.18 Å². The van der Waals surface area contributed by atoms with Crippen molar-refractivity contribution < 1.29 is 13.9 Å². The molecule has 2 atom stereocenters. The molecular formula is C15H23FN2O2. The normalized spacial score (nSPS) is 13.7. The number of nitrogens with two attached hydrogens (primary N) is 1. The summed E-state index contributed by atoms with van der Waals surface area (Å²) in [7, 11) is 0. The fourth-order valence-electron chi connectivity index (χ4n) is 1.81. The summed E-state index contributed by atoms with van der Waals surface area (Å²) in [5, 5.41) is 2.69. The highest BCUT2D eigenvalue weighted by atomic mass is 19.1. The lowest BCUT2D eigenvalue weighted by Gasteiger charge is -2.18. The van der Waals surface area contributed by atoms with Gasteiger partial charge in [0.1, 0.15) is 11.6 Å². The van der Waals surface area contributed by atoms with Crippen LogP contribution in [0.4, 0.5) is 4.39 Å². The van der Waals surface area contributed by atoms with Gasteiger partial charge < -0.3 is 15.8 Å². The highest BCUT2D eigenvalue weighted by Gasteiger charge is 2.16. The third-order valence-electron chi connectivity index (χ3n) is 3.05. The van der Waals surface area contributed by atoms with Gasteiger partial charge >= 0.3 is 0 Å². The number of rotatable bonds is 7. The van der Waals surface area contributed by atoms with Crippen LogP contribution in [0.15, 0.2) is 18.2 Å². The zero-order valence-electron chi connectivity index (χ0n) is 12.3. The molecule has 3 N–H and O–H groups in total. The summed E-state index contributed by atoms with van der Waals surface area (Å²) in [5.74, 6) is -0.0158. The van der Waals surface area contributed by atoms with Gasteiger partial charge in [0.2, 0.25) is 0 Å². The highest BCUT2D eigenvalue weighted by Crippen LogP contribution is 2.22. The lowest BCUT2D eigenvalue weighted by atomic mass is 10.0. The summed E-state index contributed by atoms with van der Waals surface area (Å²) in [6.07, 6.45) is 0.685. The zero-order chi connectivity index (χ0) is 15.1. The predicted octanol–water partition coefficient (Wildman–Crippen LogP) is 2.01. The summed E-state index contributed by atoms with van der Waals surface area (Å²) in [6, 6.07) is 4.22. The van der Waals surface area contributed by atoms with Crippen LogP contribution >= 0.6 is 0 Å². The van der Waals surface area contributed by atoms with Crippen molar-refractivity contribution in [2.45, 2.75) is 45.8 Å². The Hall–Kier alpha value is -1.62. The van der Waals surface area contributed by atoms with Crippen LogP contribution in [-0.2, 0) is 11.2 Å². The molecule has 2 unspecified atom stereocenters. The molecule has 5 heteroatoms. The molecule has 1 rings (SSSR count). The van der Waals surface area contributed by atoms with E-state index in [-0.39, 0.29) is 17.8 Å². The molecule has 0 bridgehead atoms. The first kappa shape index (κ1) is 16.4. The second kappa shape index (κ2) is 7.85. The Balaban J connectivity index is 2.85. The van der Waals surface area contributed by atoms with Crippen LogP contribution < -0.4 is 15.8 Å². The number of carbonyl (C=O) groups is 1. The number of halogens is 1. The number of benzene rings is 1. The number of amides is 1. The molecule has 0 aromatic heterocycles. The standard InChI is InChI=1S/C15H23FN2O2/c1-4-13(17)9-11-8-12(16)6-7-14(11)20-10(3)15(19)18-5-2/h6-8,10,13H,4-5,9,17H2,1-3H3,(H,18,19). The van der Waals surface area contributed by atoms with Gasteiger partial charge in [0, 0.05) is 12.6 Å². The van der Waals surface area contributed by atoms with E-state index in [0.29, 0.717) is 24.3 Å². The molecule has 0 aliphatic heterocycles. The average molecular weight is 282 g/mol. The summed E-state index contributed by atoms with van der Waals surface area (Å²) < 4.78 is 19.0. The van der Waals surface area contributed by atoms with Crippen molar-refractivity contribution in [3.63, 3.8) is 0 Å². The van der Waals surface area contributed by atoms with Gasteiger partial charge in [-0.15, -0.1) is 0 Å². The van der Waals surface area contributed by atoms with Crippen LogP contribution in [0.3, 0.4) is 0 Å². The first-order chi connectivity index (χ1) is 9.47. The van der Waals surface area contributed by atoms with E-state index in [0.717, 1.165) is 6.42 Å². The third-order valence-corrected chi connectivity index (χ3v) is 3.05. The van der Waals surface area contributed by atoms with Crippen molar-refractivity contribution in [2.75, 3.05) is 6.54 Å². The van der Waals surface area contributed by atoms with E-state index in [2.05, 4.69) is 5.32 Å². The first-order valence-corrected chi connectivity index (χ1v) is 6.96. The van der Waals surface area contributed by atoms with E-state index >= 15 is 0 Å². The van der Waals surface area contributed by atoms with Crippen molar-refractivity contribution >= 4 is 5.91 Å². The molecule has 112 valence electrons. The zero-order valence-corrected chi connectivity index (χ0v) is 12.3. The maximum atomic E-state index is 13.3. The minimum Gasteiger partial charge on any atom is -0.481 e. The number of ether oxygens (including phenoxy) is 1. The molecule has 0 spiro atoms. The third kappa shape index (κ3) is 4.81. The summed E-state index contributed by atoms with van der Waals surface area (Å²) >= 11 is 0. The maximum absolute atomic E-state index is 13.3. The fraction of sp³-hybridized carbons (Fsp3) is 0.533. The molecule has 0 saturated carbocycles. The Kier molecular flexibility index (Phi) is 6.45. The smallest absolute Gasteiger partial charge is 0.260 e. The van der Waals surface area contributed by atoms with Crippen LogP contribution in [0.1, 0.15) is 32.8 Å². The Morgan fingerprint density at radius 3 is 2.75 bits per heavy atom. The van der Waals surface area contributed by atoms with Gasteiger partial charge in [0.25, 0.3) is 5.91 Å². The number of nitrogens with one attached hydrogen (secondary N) is 1.